The van der Waals surface area contributed by atoms with E-state index >= 15 is 4.39 Å². The van der Waals surface area contributed by atoms with Crippen molar-refractivity contribution in [1.82, 2.24) is 15.0 Å². The van der Waals surface area contributed by atoms with E-state index in [4.69, 9.17) is 9.47 Å². The Labute approximate surface area is 196 Å². The van der Waals surface area contributed by atoms with E-state index in [2.05, 4.69) is 20.3 Å². The van der Waals surface area contributed by atoms with Gasteiger partial charge in [0.2, 0.25) is 0 Å². The predicted molar refractivity (Wildman–Crippen MR) is 128 cm³/mol. The first-order valence-corrected chi connectivity index (χ1v) is 11.3. The van der Waals surface area contributed by atoms with Crippen LogP contribution in [0.25, 0.3) is 21.8 Å². The van der Waals surface area contributed by atoms with Crippen molar-refractivity contribution in [3.63, 3.8) is 0 Å². The van der Waals surface area contributed by atoms with Gasteiger partial charge in [0.15, 0.2) is 17.3 Å². The van der Waals surface area contributed by atoms with Crippen molar-refractivity contribution in [2.24, 2.45) is 0 Å². The van der Waals surface area contributed by atoms with E-state index in [0.29, 0.717) is 54.6 Å². The number of halogens is 1. The Morgan fingerprint density at radius 3 is 2.82 bits per heavy atom. The summed E-state index contributed by atoms with van der Waals surface area (Å²) < 4.78 is 25.7. The van der Waals surface area contributed by atoms with Gasteiger partial charge >= 0.3 is 5.97 Å². The first-order chi connectivity index (χ1) is 16.5. The second-order valence-electron chi connectivity index (χ2n) is 7.99. The van der Waals surface area contributed by atoms with E-state index in [1.54, 1.807) is 31.2 Å². The van der Waals surface area contributed by atoms with Crippen LogP contribution in [0.5, 0.6) is 11.5 Å². The van der Waals surface area contributed by atoms with Crippen LogP contribution in [0.1, 0.15) is 38.3 Å². The molecule has 0 radical (unpaired) electrons. The van der Waals surface area contributed by atoms with Crippen molar-refractivity contribution >= 4 is 39.3 Å². The first-order valence-electron chi connectivity index (χ1n) is 11.3. The molecule has 0 atom stereocenters. The van der Waals surface area contributed by atoms with Crippen molar-refractivity contribution in [2.45, 2.75) is 39.5 Å². The van der Waals surface area contributed by atoms with Gasteiger partial charge in [0, 0.05) is 34.5 Å². The third-order valence-electron chi connectivity index (χ3n) is 5.43. The van der Waals surface area contributed by atoms with E-state index < -0.39 is 0 Å². The Hall–Kier alpha value is -3.88. The normalized spacial score (nSPS) is 11.1. The highest BCUT2D eigenvalue weighted by atomic mass is 19.1. The minimum atomic E-state index is -0.383. The number of H-pyrrole nitrogens is 1. The number of anilines is 2. The number of carbonyl (C=O) groups is 1. The lowest BCUT2D eigenvalue weighted by Gasteiger charge is -2.13. The van der Waals surface area contributed by atoms with Gasteiger partial charge in [-0.15, -0.1) is 0 Å². The molecule has 0 spiro atoms. The highest BCUT2D eigenvalue weighted by Crippen LogP contribution is 2.35. The Morgan fingerprint density at radius 1 is 1.15 bits per heavy atom. The number of aromatic hydroxyl groups is 1. The molecule has 178 valence electrons. The maximum atomic E-state index is 15.1. The second kappa shape index (κ2) is 10.4. The smallest absolute Gasteiger partial charge is 0.305 e. The number of esters is 1. The lowest BCUT2D eigenvalue weighted by atomic mass is 10.1. The molecule has 0 bridgehead atoms. The average Bonchev–Trinajstić information content (AvgIpc) is 3.20. The molecule has 3 N–H and O–H groups in total. The van der Waals surface area contributed by atoms with Crippen molar-refractivity contribution < 1.29 is 23.8 Å². The van der Waals surface area contributed by atoms with E-state index in [-0.39, 0.29) is 29.0 Å². The number of ether oxygens (including phenoxy) is 2. The van der Waals surface area contributed by atoms with Gasteiger partial charge in [-0.2, -0.15) is 0 Å². The van der Waals surface area contributed by atoms with Crippen LogP contribution in [0.3, 0.4) is 0 Å². The summed E-state index contributed by atoms with van der Waals surface area (Å²) >= 11 is 0. The quantitative estimate of drug-likeness (QED) is 0.209. The standard InChI is InChI=1S/C25H27FN4O4/c1-3-33-23(32)7-5-4-6-10-34-22-12-17-20(13-21(22)31)27-14-28-25(17)30-19-9-8-18-16(24(19)26)11-15(2)29-18/h8-9,11-14,29,31H,3-7,10H2,1-2H3,(H,27,28,30). The monoisotopic (exact) mass is 466 g/mol. The molecule has 0 amide bonds. The molecule has 4 aromatic rings. The largest absolute Gasteiger partial charge is 0.504 e. The molecule has 0 aliphatic heterocycles. The molecule has 34 heavy (non-hydrogen) atoms. The van der Waals surface area contributed by atoms with Gasteiger partial charge in [-0.05, 0) is 57.4 Å². The molecule has 8 nitrogen and oxygen atoms in total. The average molecular weight is 467 g/mol. The second-order valence-corrected chi connectivity index (χ2v) is 7.99. The number of nitrogens with one attached hydrogen (secondary N) is 2. The number of fused-ring (bicyclic) bond motifs is 2. The Balaban J connectivity index is 1.47. The number of benzene rings is 2. The number of carbonyl (C=O) groups excluding carboxylic acids is 1. The van der Waals surface area contributed by atoms with Gasteiger partial charge in [0.05, 0.1) is 24.4 Å². The summed E-state index contributed by atoms with van der Waals surface area (Å²) in [4.78, 5) is 23.0. The molecule has 2 aromatic carbocycles. The van der Waals surface area contributed by atoms with Gasteiger partial charge in [-0.25, -0.2) is 14.4 Å². The third-order valence-corrected chi connectivity index (χ3v) is 5.43. The molecule has 9 heteroatoms. The van der Waals surface area contributed by atoms with Crippen LogP contribution in [-0.2, 0) is 9.53 Å². The van der Waals surface area contributed by atoms with Gasteiger partial charge in [0.1, 0.15) is 12.1 Å². The van der Waals surface area contributed by atoms with Crippen LogP contribution in [-0.4, -0.2) is 39.2 Å². The number of phenols is 1. The maximum Gasteiger partial charge on any atom is 0.305 e. The molecule has 0 saturated heterocycles. The summed E-state index contributed by atoms with van der Waals surface area (Å²) in [6, 6.07) is 8.34. The van der Waals surface area contributed by atoms with Gasteiger partial charge in [0.25, 0.3) is 0 Å². The zero-order valence-electron chi connectivity index (χ0n) is 19.2. The molecule has 0 fully saturated rings. The summed E-state index contributed by atoms with van der Waals surface area (Å²) in [7, 11) is 0. The van der Waals surface area contributed by atoms with Crippen molar-refractivity contribution in [1.29, 1.82) is 0 Å². The van der Waals surface area contributed by atoms with Crippen molar-refractivity contribution in [3.05, 3.63) is 48.2 Å². The molecular formula is C25H27FN4O4. The lowest BCUT2D eigenvalue weighted by molar-refractivity contribution is -0.143. The zero-order chi connectivity index (χ0) is 24.1. The SMILES string of the molecule is CCOC(=O)CCCCCOc1cc2c(Nc3ccc4[nH]c(C)cc4c3F)ncnc2cc1O. The minimum absolute atomic E-state index is 0.0425. The number of hydrogen-bond acceptors (Lipinski definition) is 7. The van der Waals surface area contributed by atoms with Gasteiger partial charge in [-0.1, -0.05) is 0 Å². The number of aromatic amines is 1. The third kappa shape index (κ3) is 5.19. The zero-order valence-corrected chi connectivity index (χ0v) is 19.2. The highest BCUT2D eigenvalue weighted by molar-refractivity contribution is 5.94. The molecular weight excluding hydrogens is 439 g/mol. The van der Waals surface area contributed by atoms with Crippen LogP contribution in [0.4, 0.5) is 15.9 Å². The summed E-state index contributed by atoms with van der Waals surface area (Å²) in [5.41, 5.74) is 2.37. The van der Waals surface area contributed by atoms with Crippen LogP contribution >= 0.6 is 0 Å². The molecule has 0 aliphatic carbocycles. The van der Waals surface area contributed by atoms with Crippen LogP contribution < -0.4 is 10.1 Å². The number of rotatable bonds is 10. The van der Waals surface area contributed by atoms with E-state index in [0.717, 1.165) is 17.6 Å². The fourth-order valence-corrected chi connectivity index (χ4v) is 3.78. The fraction of sp³-hybridized carbons (Fsp3) is 0.320. The molecule has 0 unspecified atom stereocenters. The Bertz CT molecular complexity index is 1320. The van der Waals surface area contributed by atoms with Crippen molar-refractivity contribution in [2.75, 3.05) is 18.5 Å². The number of aromatic nitrogens is 3. The van der Waals surface area contributed by atoms with E-state index in [1.807, 2.05) is 6.92 Å². The fourth-order valence-electron chi connectivity index (χ4n) is 3.78. The van der Waals surface area contributed by atoms with Gasteiger partial charge < -0.3 is 24.9 Å². The molecule has 0 saturated carbocycles. The first kappa shape index (κ1) is 23.3. The van der Waals surface area contributed by atoms with Crippen molar-refractivity contribution in [3.8, 4) is 11.5 Å². The number of hydrogen-bond donors (Lipinski definition) is 3. The van der Waals surface area contributed by atoms with Crippen LogP contribution in [0.15, 0.2) is 36.7 Å². The summed E-state index contributed by atoms with van der Waals surface area (Å²) in [5, 5.41) is 14.5. The summed E-state index contributed by atoms with van der Waals surface area (Å²) in [5.74, 6) is 0.0614. The highest BCUT2D eigenvalue weighted by Gasteiger charge is 2.14. The summed E-state index contributed by atoms with van der Waals surface area (Å²) in [6.07, 6.45) is 3.96. The lowest BCUT2D eigenvalue weighted by Crippen LogP contribution is -2.04. The maximum absolute atomic E-state index is 15.1. The Kier molecular flexibility index (Phi) is 7.10. The van der Waals surface area contributed by atoms with E-state index in [1.165, 1.54) is 12.4 Å². The van der Waals surface area contributed by atoms with Gasteiger partial charge in [-0.3, -0.25) is 4.79 Å². The Morgan fingerprint density at radius 2 is 2.00 bits per heavy atom. The number of aryl methyl sites for hydroxylation is 1. The minimum Gasteiger partial charge on any atom is -0.504 e. The molecule has 2 heterocycles. The predicted octanol–water partition coefficient (Wildman–Crippen LogP) is 5.51. The van der Waals surface area contributed by atoms with Crippen LogP contribution in [0.2, 0.25) is 0 Å². The molecule has 4 rings (SSSR count). The molecule has 0 aliphatic rings. The number of nitrogens with zero attached hydrogens (tertiary/aromatic N) is 2. The summed E-state index contributed by atoms with van der Waals surface area (Å²) in [6.45, 7) is 4.41. The number of phenolic OH excluding ortho intramolecular Hbond substituents is 1. The molecule has 2 aromatic heterocycles. The number of unbranched alkanes of at least 4 members (excludes halogenated alkanes) is 2. The topological polar surface area (TPSA) is 109 Å². The van der Waals surface area contributed by atoms with Crippen LogP contribution in [0, 0.1) is 12.7 Å². The van der Waals surface area contributed by atoms with E-state index in [9.17, 15) is 9.90 Å².